The van der Waals surface area contributed by atoms with Crippen LogP contribution in [0.25, 0.3) is 11.3 Å². The van der Waals surface area contributed by atoms with Crippen LogP contribution in [0.5, 0.6) is 0 Å². The second-order valence-corrected chi connectivity index (χ2v) is 14.0. The fraction of sp³-hybridized carbons (Fsp3) is 0.366. The van der Waals surface area contributed by atoms with Gasteiger partial charge in [-0.1, -0.05) is 80.7 Å². The number of rotatable bonds is 6. The third-order valence-corrected chi connectivity index (χ3v) is 8.71. The first-order valence-electron chi connectivity index (χ1n) is 17.3. The van der Waals surface area contributed by atoms with E-state index in [1.54, 1.807) is 50.0 Å². The molecular weight excluding hydrogens is 857 g/mol. The van der Waals surface area contributed by atoms with Gasteiger partial charge in [-0.05, 0) is 135 Å². The van der Waals surface area contributed by atoms with Gasteiger partial charge in [0.2, 0.25) is 0 Å². The Morgan fingerprint density at radius 1 is 0.673 bits per heavy atom. The van der Waals surface area contributed by atoms with E-state index in [2.05, 4.69) is 96.3 Å². The van der Waals surface area contributed by atoms with Crippen LogP contribution in [0.4, 0.5) is 0 Å². The number of halogens is 4. The molecule has 0 bridgehead atoms. The van der Waals surface area contributed by atoms with Crippen molar-refractivity contribution in [1.82, 2.24) is 29.8 Å². The maximum Gasteiger partial charge on any atom is 1.00 e. The summed E-state index contributed by atoms with van der Waals surface area (Å²) in [5.74, 6) is 0. The van der Waals surface area contributed by atoms with Crippen LogP contribution in [0.3, 0.4) is 0 Å². The second-order valence-electron chi connectivity index (χ2n) is 11.5. The van der Waals surface area contributed by atoms with Gasteiger partial charge < -0.3 is 21.9 Å². The summed E-state index contributed by atoms with van der Waals surface area (Å²) in [7, 11) is -1.39. The van der Waals surface area contributed by atoms with E-state index in [1.165, 1.54) is 26.1 Å². The monoisotopic (exact) mass is 912 g/mol. The van der Waals surface area contributed by atoms with Gasteiger partial charge in [0.1, 0.15) is 4.60 Å². The van der Waals surface area contributed by atoms with E-state index in [9.17, 15) is 0 Å². The van der Waals surface area contributed by atoms with E-state index < -0.39 is 7.12 Å². The summed E-state index contributed by atoms with van der Waals surface area (Å²) >= 11 is 18.1. The first-order valence-corrected chi connectivity index (χ1v) is 19.7. The molecule has 0 unspecified atom stereocenters. The van der Waals surface area contributed by atoms with Gasteiger partial charge in [-0.2, -0.15) is 6.42 Å². The van der Waals surface area contributed by atoms with Crippen molar-refractivity contribution in [2.24, 2.45) is 0 Å². The Morgan fingerprint density at radius 2 is 1.13 bits per heavy atom. The number of aromatic nitrogens is 5. The third-order valence-electron chi connectivity index (χ3n) is 6.97. The van der Waals surface area contributed by atoms with Gasteiger partial charge >= 0.3 is 26.0 Å². The number of nitrogens with zero attached hydrogens (tertiary/aromatic N) is 6. The van der Waals surface area contributed by atoms with Crippen LogP contribution in [-0.2, 0) is 0 Å². The van der Waals surface area contributed by atoms with Gasteiger partial charge in [-0.25, -0.2) is 4.98 Å². The standard InChI is InChI=1S/C12H11ClN2.C6H8BNO2.C6H5BrClN.C6H6BrN.C6H15N.C4H9.CH4.Li/c1-8-5-11(13)7-15-12(8)10-3-4-14-9(2)6-10;1-5-4-6(7(9)10)2-3-8-5;1-4-2-5(8)3-9-6(4)7;1-5-4-6(7)2-3-8-5;1-4-7(5-2)6-3;1-3-4-2;;/h3-7H,1-2H3;2-4,9-10H,1H3;2-3H,1H3;2-4H,1H3;4-6H2,1-3H3;1,3-4H2,2H3;1H4;/q;;;;;-1;;+1. The Labute approximate surface area is 371 Å². The Balaban J connectivity index is -0.000000609. The summed E-state index contributed by atoms with van der Waals surface area (Å²) in [5, 5.41) is 18.7. The molecule has 0 atom stereocenters. The van der Waals surface area contributed by atoms with Crippen LogP contribution in [0.1, 0.15) is 76.2 Å². The van der Waals surface area contributed by atoms with Crippen molar-refractivity contribution in [3.05, 3.63) is 134 Å². The van der Waals surface area contributed by atoms with Gasteiger partial charge in [0.25, 0.3) is 0 Å². The van der Waals surface area contributed by atoms with Crippen LogP contribution in [0.2, 0.25) is 10.0 Å². The molecule has 5 rings (SSSR count). The van der Waals surface area contributed by atoms with E-state index in [0.29, 0.717) is 15.5 Å². The van der Waals surface area contributed by atoms with Gasteiger partial charge in [-0.15, -0.1) is 0 Å². The van der Waals surface area contributed by atoms with E-state index >= 15 is 0 Å². The minimum absolute atomic E-state index is 0. The first-order chi connectivity index (χ1) is 25.1. The quantitative estimate of drug-likeness (QED) is 0.100. The van der Waals surface area contributed by atoms with Crippen molar-refractivity contribution in [1.29, 1.82) is 0 Å². The fourth-order valence-corrected chi connectivity index (χ4v) is 5.06. The van der Waals surface area contributed by atoms with Crippen molar-refractivity contribution in [2.45, 2.75) is 82.6 Å². The molecule has 5 aromatic heterocycles. The van der Waals surface area contributed by atoms with E-state index in [1.807, 2.05) is 64.1 Å². The fourth-order valence-electron chi connectivity index (χ4n) is 3.97. The largest absolute Gasteiger partial charge is 1.00 e. The van der Waals surface area contributed by atoms with Crippen LogP contribution in [-0.4, -0.2) is 66.6 Å². The smallest absolute Gasteiger partial charge is 0.423 e. The molecule has 55 heavy (non-hydrogen) atoms. The van der Waals surface area contributed by atoms with Crippen LogP contribution in [0.15, 0.2) is 88.6 Å². The summed E-state index contributed by atoms with van der Waals surface area (Å²) in [4.78, 5) is 22.7. The number of pyridine rings is 5. The molecular formula is C41H58BBr2Cl2LiN6O2. The molecule has 0 aliphatic heterocycles. The van der Waals surface area contributed by atoms with Crippen LogP contribution in [0, 0.1) is 41.5 Å². The molecule has 5 heterocycles. The van der Waals surface area contributed by atoms with E-state index in [-0.39, 0.29) is 26.3 Å². The normalized spacial score (nSPS) is 9.33. The average molecular weight is 915 g/mol. The van der Waals surface area contributed by atoms with E-state index in [4.69, 9.17) is 33.2 Å². The number of unbranched alkanes of at least 4 members (excludes halogenated alkanes) is 1. The minimum atomic E-state index is -1.39. The van der Waals surface area contributed by atoms with Gasteiger partial charge in [0.05, 0.1) is 15.7 Å². The molecule has 0 aromatic carbocycles. The molecule has 0 aliphatic carbocycles. The summed E-state index contributed by atoms with van der Waals surface area (Å²) in [6.07, 6.45) is 10.7. The summed E-state index contributed by atoms with van der Waals surface area (Å²) in [5.41, 5.74) is 7.47. The molecule has 14 heteroatoms. The van der Waals surface area contributed by atoms with E-state index in [0.717, 1.165) is 55.0 Å². The average Bonchev–Trinajstić information content (AvgIpc) is 3.12. The zero-order chi connectivity index (χ0) is 40.3. The molecule has 296 valence electrons. The van der Waals surface area contributed by atoms with Crippen LogP contribution < -0.4 is 24.3 Å². The van der Waals surface area contributed by atoms with Gasteiger partial charge in [-0.3, -0.25) is 19.9 Å². The number of aryl methyl sites for hydroxylation is 5. The molecule has 2 N–H and O–H groups in total. The van der Waals surface area contributed by atoms with Crippen LogP contribution >= 0.6 is 55.1 Å². The maximum absolute atomic E-state index is 8.68. The number of hydrogen-bond donors (Lipinski definition) is 2. The molecule has 0 saturated carbocycles. The van der Waals surface area contributed by atoms with Crippen molar-refractivity contribution < 1.29 is 28.9 Å². The molecule has 0 radical (unpaired) electrons. The molecule has 0 aliphatic rings. The zero-order valence-electron chi connectivity index (χ0n) is 33.4. The SMILES string of the molecule is C.CCN(CC)CC.Cc1cc(-c2ncc(Cl)cc2C)ccn1.Cc1cc(B(O)O)ccn1.Cc1cc(Br)ccn1.Cc1cc(Cl)cnc1Br.[CH2-]CCC.[Li+]. The second kappa shape index (κ2) is 33.9. The molecule has 0 fully saturated rings. The summed E-state index contributed by atoms with van der Waals surface area (Å²) in [6, 6.07) is 14.8. The summed E-state index contributed by atoms with van der Waals surface area (Å²) < 4.78 is 1.94. The topological polar surface area (TPSA) is 108 Å². The molecule has 8 nitrogen and oxygen atoms in total. The Bertz CT molecular complexity index is 1720. The van der Waals surface area contributed by atoms with Gasteiger partial charge in [0.15, 0.2) is 0 Å². The predicted molar refractivity (Wildman–Crippen MR) is 240 cm³/mol. The van der Waals surface area contributed by atoms with Crippen molar-refractivity contribution in [3.63, 3.8) is 0 Å². The predicted octanol–water partition coefficient (Wildman–Crippen LogP) is 8.05. The Hall–Kier alpha value is -2.17. The van der Waals surface area contributed by atoms with Gasteiger partial charge in [0, 0.05) is 58.1 Å². The minimum Gasteiger partial charge on any atom is -0.423 e. The third kappa shape index (κ3) is 27.2. The van der Waals surface area contributed by atoms with Crippen molar-refractivity contribution >= 4 is 67.6 Å². The molecule has 5 aromatic rings. The van der Waals surface area contributed by atoms with Crippen molar-refractivity contribution in [3.8, 4) is 11.3 Å². The first kappa shape index (κ1) is 57.2. The Kier molecular flexibility index (Phi) is 35.3. The molecule has 0 amide bonds. The molecule has 0 saturated heterocycles. The zero-order valence-corrected chi connectivity index (χ0v) is 38.1. The maximum atomic E-state index is 8.68. The summed E-state index contributed by atoms with van der Waals surface area (Å²) in [6.45, 7) is 25.5. The Morgan fingerprint density at radius 3 is 1.45 bits per heavy atom. The number of hydrogen-bond acceptors (Lipinski definition) is 8. The molecule has 0 spiro atoms. The van der Waals surface area contributed by atoms with Crippen molar-refractivity contribution in [2.75, 3.05) is 19.6 Å².